The molecular weight excluding hydrogens is 262 g/mol. The van der Waals surface area contributed by atoms with Gasteiger partial charge >= 0.3 is 0 Å². The highest BCUT2D eigenvalue weighted by Crippen LogP contribution is 2.42. The van der Waals surface area contributed by atoms with Gasteiger partial charge in [-0.3, -0.25) is 0 Å². The fourth-order valence-electron chi connectivity index (χ4n) is 3.62. The second-order valence-corrected chi connectivity index (χ2v) is 6.92. The van der Waals surface area contributed by atoms with Gasteiger partial charge in [0.05, 0.1) is 0 Å². The number of thiophene rings is 1. The summed E-state index contributed by atoms with van der Waals surface area (Å²) in [6.07, 6.45) is 3.89. The molecule has 2 unspecified atom stereocenters. The van der Waals surface area contributed by atoms with E-state index in [2.05, 4.69) is 55.9 Å². The molecule has 0 bridgehead atoms. The number of rotatable bonds is 3. The van der Waals surface area contributed by atoms with Crippen molar-refractivity contribution in [2.45, 2.75) is 45.1 Å². The summed E-state index contributed by atoms with van der Waals surface area (Å²) < 4.78 is 0. The van der Waals surface area contributed by atoms with Crippen molar-refractivity contribution in [3.8, 4) is 0 Å². The Morgan fingerprint density at radius 3 is 2.85 bits per heavy atom. The minimum absolute atomic E-state index is 0.434. The van der Waals surface area contributed by atoms with Gasteiger partial charge in [-0.15, -0.1) is 11.3 Å². The second kappa shape index (κ2) is 5.71. The lowest BCUT2D eigenvalue weighted by Crippen LogP contribution is -2.26. The maximum atomic E-state index is 3.58. The maximum absolute atomic E-state index is 3.58. The monoisotopic (exact) mass is 285 g/mol. The van der Waals surface area contributed by atoms with Gasteiger partial charge < -0.3 is 5.32 Å². The Balaban J connectivity index is 1.99. The van der Waals surface area contributed by atoms with E-state index in [0.29, 0.717) is 12.0 Å². The summed E-state index contributed by atoms with van der Waals surface area (Å²) in [4.78, 5) is 1.60. The van der Waals surface area contributed by atoms with Gasteiger partial charge in [0.1, 0.15) is 0 Å². The van der Waals surface area contributed by atoms with E-state index in [9.17, 15) is 0 Å². The van der Waals surface area contributed by atoms with E-state index in [0.717, 1.165) is 0 Å². The third kappa shape index (κ3) is 2.43. The third-order valence-corrected chi connectivity index (χ3v) is 5.57. The van der Waals surface area contributed by atoms with Crippen molar-refractivity contribution in [3.05, 3.63) is 56.8 Å². The van der Waals surface area contributed by atoms with Crippen LogP contribution in [-0.4, -0.2) is 7.05 Å². The van der Waals surface area contributed by atoms with Crippen molar-refractivity contribution in [1.29, 1.82) is 0 Å². The predicted molar refractivity (Wildman–Crippen MR) is 87.7 cm³/mol. The third-order valence-electron chi connectivity index (χ3n) is 4.57. The zero-order valence-corrected chi connectivity index (χ0v) is 13.4. The normalized spacial score (nSPS) is 19.6. The summed E-state index contributed by atoms with van der Waals surface area (Å²) in [7, 11) is 2.10. The number of hydrogen-bond donors (Lipinski definition) is 1. The summed E-state index contributed by atoms with van der Waals surface area (Å²) in [5.41, 5.74) is 5.80. The van der Waals surface area contributed by atoms with Crippen molar-refractivity contribution < 1.29 is 0 Å². The van der Waals surface area contributed by atoms with Crippen molar-refractivity contribution in [2.24, 2.45) is 0 Å². The van der Waals surface area contributed by atoms with E-state index in [1.165, 1.54) is 36.0 Å². The number of hydrogen-bond acceptors (Lipinski definition) is 2. The molecule has 1 aliphatic rings. The molecule has 3 rings (SSSR count). The molecule has 0 spiro atoms. The zero-order chi connectivity index (χ0) is 14.1. The SMILES string of the molecule is CNC(c1ccc(C)cc1C)C1CCCc2sccc21. The van der Waals surface area contributed by atoms with Crippen LogP contribution in [0.1, 0.15) is 51.9 Å². The Hall–Kier alpha value is -1.12. The molecule has 0 aliphatic heterocycles. The Bertz CT molecular complexity index is 599. The lowest BCUT2D eigenvalue weighted by Gasteiger charge is -2.32. The summed E-state index contributed by atoms with van der Waals surface area (Å²) in [6.45, 7) is 4.41. The van der Waals surface area contributed by atoms with E-state index in [1.54, 1.807) is 10.4 Å². The van der Waals surface area contributed by atoms with Crippen LogP contribution in [0.4, 0.5) is 0 Å². The van der Waals surface area contributed by atoms with Gasteiger partial charge in [0.25, 0.3) is 0 Å². The predicted octanol–water partition coefficient (Wildman–Crippen LogP) is 4.75. The van der Waals surface area contributed by atoms with Crippen molar-refractivity contribution >= 4 is 11.3 Å². The van der Waals surface area contributed by atoms with Crippen LogP contribution < -0.4 is 5.32 Å². The van der Waals surface area contributed by atoms with Crippen LogP contribution >= 0.6 is 11.3 Å². The van der Waals surface area contributed by atoms with Gasteiger partial charge in [-0.1, -0.05) is 23.8 Å². The van der Waals surface area contributed by atoms with Crippen LogP contribution in [-0.2, 0) is 6.42 Å². The molecular formula is C18H23NS. The molecule has 1 aromatic heterocycles. The van der Waals surface area contributed by atoms with E-state index >= 15 is 0 Å². The fourth-order valence-corrected chi connectivity index (χ4v) is 4.61. The molecule has 2 heteroatoms. The van der Waals surface area contributed by atoms with Crippen LogP contribution in [0, 0.1) is 13.8 Å². The van der Waals surface area contributed by atoms with Gasteiger partial charge in [-0.2, -0.15) is 0 Å². The average molecular weight is 285 g/mol. The lowest BCUT2D eigenvalue weighted by molar-refractivity contribution is 0.426. The molecule has 1 N–H and O–H groups in total. The highest BCUT2D eigenvalue weighted by Gasteiger charge is 2.29. The molecule has 0 radical (unpaired) electrons. The zero-order valence-electron chi connectivity index (χ0n) is 12.6. The lowest BCUT2D eigenvalue weighted by atomic mass is 9.79. The first kappa shape index (κ1) is 13.8. The molecule has 0 saturated carbocycles. The van der Waals surface area contributed by atoms with E-state index in [1.807, 2.05) is 11.3 Å². The minimum Gasteiger partial charge on any atom is -0.312 e. The first-order chi connectivity index (χ1) is 9.70. The molecule has 2 aromatic rings. The largest absolute Gasteiger partial charge is 0.312 e. The number of likely N-dealkylation sites (N-methyl/N-ethyl adjacent to an activating group) is 1. The molecule has 0 amide bonds. The molecule has 0 saturated heterocycles. The van der Waals surface area contributed by atoms with Crippen LogP contribution in [0.25, 0.3) is 0 Å². The summed E-state index contributed by atoms with van der Waals surface area (Å²) in [5.74, 6) is 0.622. The van der Waals surface area contributed by atoms with Gasteiger partial charge in [0, 0.05) is 16.8 Å². The van der Waals surface area contributed by atoms with Crippen molar-refractivity contribution in [1.82, 2.24) is 5.32 Å². The van der Waals surface area contributed by atoms with Gasteiger partial charge in [0.15, 0.2) is 0 Å². The second-order valence-electron chi connectivity index (χ2n) is 5.92. The number of aryl methyl sites for hydroxylation is 3. The minimum atomic E-state index is 0.434. The Morgan fingerprint density at radius 2 is 2.10 bits per heavy atom. The standard InChI is InChI=1S/C18H23NS/c1-12-7-8-14(13(2)11-12)18(19-3)16-5-4-6-17-15(16)9-10-20-17/h7-11,16,18-19H,4-6H2,1-3H3. The number of fused-ring (bicyclic) bond motifs is 1. The van der Waals surface area contributed by atoms with Crippen LogP contribution in [0.3, 0.4) is 0 Å². The first-order valence-electron chi connectivity index (χ1n) is 7.51. The van der Waals surface area contributed by atoms with Gasteiger partial charge in [-0.05, 0) is 68.3 Å². The van der Waals surface area contributed by atoms with Crippen LogP contribution in [0.2, 0.25) is 0 Å². The van der Waals surface area contributed by atoms with E-state index in [-0.39, 0.29) is 0 Å². The topological polar surface area (TPSA) is 12.0 Å². The Morgan fingerprint density at radius 1 is 1.25 bits per heavy atom. The summed E-state index contributed by atoms with van der Waals surface area (Å²) in [5, 5.41) is 5.85. The molecule has 20 heavy (non-hydrogen) atoms. The molecule has 1 aliphatic carbocycles. The molecule has 1 heterocycles. The fraction of sp³-hybridized carbons (Fsp3) is 0.444. The maximum Gasteiger partial charge on any atom is 0.0390 e. The molecule has 0 fully saturated rings. The molecule has 2 atom stereocenters. The average Bonchev–Trinajstić information content (AvgIpc) is 2.91. The molecule has 106 valence electrons. The van der Waals surface area contributed by atoms with Gasteiger partial charge in [0.2, 0.25) is 0 Å². The van der Waals surface area contributed by atoms with E-state index in [4.69, 9.17) is 0 Å². The highest BCUT2D eigenvalue weighted by molar-refractivity contribution is 7.10. The summed E-state index contributed by atoms with van der Waals surface area (Å²) >= 11 is 1.93. The summed E-state index contributed by atoms with van der Waals surface area (Å²) in [6, 6.07) is 9.63. The first-order valence-corrected chi connectivity index (χ1v) is 8.39. The smallest absolute Gasteiger partial charge is 0.0390 e. The Kier molecular flexibility index (Phi) is 3.95. The van der Waals surface area contributed by atoms with Crippen LogP contribution in [0.15, 0.2) is 29.6 Å². The van der Waals surface area contributed by atoms with Crippen molar-refractivity contribution in [2.75, 3.05) is 7.05 Å². The van der Waals surface area contributed by atoms with E-state index < -0.39 is 0 Å². The molecule has 1 nitrogen and oxygen atoms in total. The number of benzene rings is 1. The molecule has 1 aromatic carbocycles. The highest BCUT2D eigenvalue weighted by atomic mass is 32.1. The quantitative estimate of drug-likeness (QED) is 0.858. The Labute approximate surface area is 126 Å². The van der Waals surface area contributed by atoms with Crippen LogP contribution in [0.5, 0.6) is 0 Å². The van der Waals surface area contributed by atoms with Gasteiger partial charge in [-0.25, -0.2) is 0 Å². The number of nitrogens with one attached hydrogen (secondary N) is 1. The van der Waals surface area contributed by atoms with Crippen molar-refractivity contribution in [3.63, 3.8) is 0 Å².